The molecule has 0 saturated heterocycles. The molecular weight excluding hydrogens is 238 g/mol. The molecule has 1 N–H and O–H groups in total. The summed E-state index contributed by atoms with van der Waals surface area (Å²) in [4.78, 5) is 4.45. The Balaban J connectivity index is 1.69. The molecule has 0 spiro atoms. The summed E-state index contributed by atoms with van der Waals surface area (Å²) in [5, 5.41) is 3.34. The summed E-state index contributed by atoms with van der Waals surface area (Å²) in [7, 11) is 0. The van der Waals surface area contributed by atoms with Crippen LogP contribution in [0.25, 0.3) is 0 Å². The van der Waals surface area contributed by atoms with Crippen molar-refractivity contribution in [3.63, 3.8) is 0 Å². The number of hydrogen-bond acceptors (Lipinski definition) is 3. The summed E-state index contributed by atoms with van der Waals surface area (Å²) in [6.45, 7) is 6.64. The van der Waals surface area contributed by atoms with E-state index in [9.17, 15) is 0 Å². The number of aromatic nitrogens is 2. The molecular formula is C15H21N3O. The van der Waals surface area contributed by atoms with E-state index >= 15 is 0 Å². The van der Waals surface area contributed by atoms with Gasteiger partial charge in [-0.25, -0.2) is 4.98 Å². The number of aryl methyl sites for hydroxylation is 2. The second kappa shape index (κ2) is 6.83. The number of nitrogens with zero attached hydrogens (tertiary/aromatic N) is 2. The fourth-order valence-electron chi connectivity index (χ4n) is 1.91. The van der Waals surface area contributed by atoms with Gasteiger partial charge in [-0.1, -0.05) is 18.2 Å². The maximum absolute atomic E-state index is 5.64. The van der Waals surface area contributed by atoms with Crippen molar-refractivity contribution in [2.75, 3.05) is 18.5 Å². The van der Waals surface area contributed by atoms with Crippen LogP contribution < -0.4 is 10.1 Å². The molecule has 1 aromatic carbocycles. The highest BCUT2D eigenvalue weighted by atomic mass is 16.5. The Morgan fingerprint density at radius 3 is 2.79 bits per heavy atom. The highest BCUT2D eigenvalue weighted by molar-refractivity contribution is 5.28. The molecule has 1 heterocycles. The molecule has 0 amide bonds. The van der Waals surface area contributed by atoms with Gasteiger partial charge in [0, 0.05) is 19.3 Å². The fraction of sp³-hybridized carbons (Fsp3) is 0.400. The third-order valence-corrected chi connectivity index (χ3v) is 2.85. The molecule has 0 aliphatic carbocycles. The van der Waals surface area contributed by atoms with Crippen molar-refractivity contribution in [2.45, 2.75) is 26.8 Å². The third kappa shape index (κ3) is 4.02. The van der Waals surface area contributed by atoms with Crippen LogP contribution in [0.5, 0.6) is 5.75 Å². The topological polar surface area (TPSA) is 39.1 Å². The van der Waals surface area contributed by atoms with E-state index < -0.39 is 0 Å². The van der Waals surface area contributed by atoms with E-state index in [1.807, 2.05) is 37.3 Å². The lowest BCUT2D eigenvalue weighted by atomic mass is 10.3. The zero-order valence-corrected chi connectivity index (χ0v) is 11.6. The Hall–Kier alpha value is -1.97. The Kier molecular flexibility index (Phi) is 4.84. The lowest BCUT2D eigenvalue weighted by Gasteiger charge is -2.08. The van der Waals surface area contributed by atoms with Gasteiger partial charge in [-0.3, -0.25) is 0 Å². The molecule has 4 heteroatoms. The standard InChI is InChI=1S/C15H21N3O/c1-3-18-12-13(2)17-15(18)16-10-7-11-19-14-8-5-4-6-9-14/h4-6,8-9,12H,3,7,10-11H2,1-2H3,(H,16,17). The van der Waals surface area contributed by atoms with Crippen molar-refractivity contribution in [3.05, 3.63) is 42.2 Å². The van der Waals surface area contributed by atoms with E-state index in [1.54, 1.807) is 0 Å². The molecule has 2 aromatic rings. The number of rotatable bonds is 7. The molecule has 0 aliphatic heterocycles. The van der Waals surface area contributed by atoms with Gasteiger partial charge >= 0.3 is 0 Å². The normalized spacial score (nSPS) is 10.4. The van der Waals surface area contributed by atoms with Crippen molar-refractivity contribution < 1.29 is 4.74 Å². The predicted molar refractivity (Wildman–Crippen MR) is 77.7 cm³/mol. The second-order valence-electron chi connectivity index (χ2n) is 4.43. The summed E-state index contributed by atoms with van der Waals surface area (Å²) in [5.41, 5.74) is 1.05. The first-order valence-electron chi connectivity index (χ1n) is 6.75. The number of imidazole rings is 1. The van der Waals surface area contributed by atoms with Crippen LogP contribution in [-0.4, -0.2) is 22.7 Å². The van der Waals surface area contributed by atoms with Crippen molar-refractivity contribution in [1.29, 1.82) is 0 Å². The summed E-state index contributed by atoms with van der Waals surface area (Å²) in [5.74, 6) is 1.87. The molecule has 4 nitrogen and oxygen atoms in total. The summed E-state index contributed by atoms with van der Waals surface area (Å²) < 4.78 is 7.76. The molecule has 0 bridgehead atoms. The van der Waals surface area contributed by atoms with Crippen LogP contribution in [0, 0.1) is 6.92 Å². The van der Waals surface area contributed by atoms with Crippen LogP contribution in [0.15, 0.2) is 36.5 Å². The van der Waals surface area contributed by atoms with Gasteiger partial charge in [0.2, 0.25) is 5.95 Å². The van der Waals surface area contributed by atoms with Gasteiger partial charge in [-0.15, -0.1) is 0 Å². The minimum absolute atomic E-state index is 0.711. The molecule has 0 saturated carbocycles. The maximum Gasteiger partial charge on any atom is 0.203 e. The third-order valence-electron chi connectivity index (χ3n) is 2.85. The highest BCUT2D eigenvalue weighted by Gasteiger charge is 2.02. The second-order valence-corrected chi connectivity index (χ2v) is 4.43. The maximum atomic E-state index is 5.64. The van der Waals surface area contributed by atoms with Gasteiger partial charge in [-0.05, 0) is 32.4 Å². The van der Waals surface area contributed by atoms with Crippen LogP contribution in [0.4, 0.5) is 5.95 Å². The number of anilines is 1. The SMILES string of the molecule is CCn1cc(C)nc1NCCCOc1ccccc1. The summed E-state index contributed by atoms with van der Waals surface area (Å²) >= 11 is 0. The number of ether oxygens (including phenoxy) is 1. The average molecular weight is 259 g/mol. The van der Waals surface area contributed by atoms with Crippen LogP contribution >= 0.6 is 0 Å². The molecule has 0 radical (unpaired) electrons. The summed E-state index contributed by atoms with van der Waals surface area (Å²) in [6.07, 6.45) is 3.01. The van der Waals surface area contributed by atoms with E-state index in [-0.39, 0.29) is 0 Å². The monoisotopic (exact) mass is 259 g/mol. The molecule has 0 aliphatic rings. The van der Waals surface area contributed by atoms with E-state index in [2.05, 4.69) is 28.0 Å². The van der Waals surface area contributed by atoms with Crippen molar-refractivity contribution in [3.8, 4) is 5.75 Å². The lowest BCUT2D eigenvalue weighted by molar-refractivity contribution is 0.315. The number of nitrogens with one attached hydrogen (secondary N) is 1. The fourth-order valence-corrected chi connectivity index (χ4v) is 1.91. The largest absolute Gasteiger partial charge is 0.494 e. The number of hydrogen-bond donors (Lipinski definition) is 1. The van der Waals surface area contributed by atoms with Crippen LogP contribution in [0.1, 0.15) is 19.0 Å². The first kappa shape index (κ1) is 13.5. The zero-order valence-electron chi connectivity index (χ0n) is 11.6. The molecule has 19 heavy (non-hydrogen) atoms. The van der Waals surface area contributed by atoms with Crippen LogP contribution in [0.2, 0.25) is 0 Å². The Morgan fingerprint density at radius 1 is 1.26 bits per heavy atom. The zero-order chi connectivity index (χ0) is 13.5. The molecule has 102 valence electrons. The van der Waals surface area contributed by atoms with E-state index in [0.717, 1.165) is 36.9 Å². The smallest absolute Gasteiger partial charge is 0.203 e. The predicted octanol–water partition coefficient (Wildman–Crippen LogP) is 3.09. The van der Waals surface area contributed by atoms with Gasteiger partial charge in [0.25, 0.3) is 0 Å². The molecule has 0 unspecified atom stereocenters. The Morgan fingerprint density at radius 2 is 2.05 bits per heavy atom. The number of benzene rings is 1. The van der Waals surface area contributed by atoms with Crippen LogP contribution in [-0.2, 0) is 6.54 Å². The Bertz CT molecular complexity index is 493. The van der Waals surface area contributed by atoms with Crippen molar-refractivity contribution in [1.82, 2.24) is 9.55 Å². The first-order chi connectivity index (χ1) is 9.29. The van der Waals surface area contributed by atoms with Crippen molar-refractivity contribution >= 4 is 5.95 Å². The minimum atomic E-state index is 0.711. The molecule has 0 fully saturated rings. The lowest BCUT2D eigenvalue weighted by Crippen LogP contribution is -2.11. The van der Waals surface area contributed by atoms with Gasteiger partial charge in [-0.2, -0.15) is 0 Å². The van der Waals surface area contributed by atoms with Crippen molar-refractivity contribution in [2.24, 2.45) is 0 Å². The molecule has 1 aromatic heterocycles. The average Bonchev–Trinajstić information content (AvgIpc) is 2.80. The van der Waals surface area contributed by atoms with Gasteiger partial charge in [0.1, 0.15) is 5.75 Å². The van der Waals surface area contributed by atoms with E-state index in [0.29, 0.717) is 6.61 Å². The van der Waals surface area contributed by atoms with Gasteiger partial charge < -0.3 is 14.6 Å². The quantitative estimate of drug-likeness (QED) is 0.777. The number of para-hydroxylation sites is 1. The minimum Gasteiger partial charge on any atom is -0.494 e. The van der Waals surface area contributed by atoms with E-state index in [4.69, 9.17) is 4.74 Å². The van der Waals surface area contributed by atoms with Gasteiger partial charge in [0.05, 0.1) is 12.3 Å². The molecule has 2 rings (SSSR count). The van der Waals surface area contributed by atoms with E-state index in [1.165, 1.54) is 0 Å². The Labute approximate surface area is 114 Å². The summed E-state index contributed by atoms with van der Waals surface area (Å²) in [6, 6.07) is 9.89. The van der Waals surface area contributed by atoms with Crippen LogP contribution in [0.3, 0.4) is 0 Å². The van der Waals surface area contributed by atoms with Gasteiger partial charge in [0.15, 0.2) is 0 Å². The first-order valence-corrected chi connectivity index (χ1v) is 6.75. The molecule has 0 atom stereocenters. The highest BCUT2D eigenvalue weighted by Crippen LogP contribution is 2.09.